The lowest BCUT2D eigenvalue weighted by atomic mass is 10.2. The molecule has 1 heterocycles. The molecule has 1 atom stereocenters. The van der Waals surface area contributed by atoms with Gasteiger partial charge in [-0.05, 0) is 6.42 Å². The van der Waals surface area contributed by atoms with Crippen molar-refractivity contribution >= 4 is 6.03 Å². The van der Waals surface area contributed by atoms with Crippen molar-refractivity contribution < 1.29 is 4.79 Å². The molecule has 10 heavy (non-hydrogen) atoms. The van der Waals surface area contributed by atoms with Gasteiger partial charge >= 0.3 is 6.03 Å². The van der Waals surface area contributed by atoms with E-state index in [1.54, 1.807) is 4.90 Å². The number of hydrogen-bond acceptors (Lipinski definition) is 1. The van der Waals surface area contributed by atoms with Gasteiger partial charge in [-0.3, -0.25) is 0 Å². The first-order valence-electron chi connectivity index (χ1n) is 3.75. The largest absolute Gasteiger partial charge is 0.333 e. The summed E-state index contributed by atoms with van der Waals surface area (Å²) in [5.41, 5.74) is 0. The normalized spacial score (nSPS) is 25.2. The smallest absolute Gasteiger partial charge is 0.317 e. The standard InChI is InChI=1S/C7H14N2O/c1-3-4-6-5-9(2)7(10)8-6/h6H,3-5H2,1-2H3,(H,8,10). The van der Waals surface area contributed by atoms with Gasteiger partial charge in [0, 0.05) is 19.6 Å². The van der Waals surface area contributed by atoms with Gasteiger partial charge in [-0.15, -0.1) is 0 Å². The zero-order chi connectivity index (χ0) is 7.56. The van der Waals surface area contributed by atoms with Crippen LogP contribution in [0.25, 0.3) is 0 Å². The highest BCUT2D eigenvalue weighted by Gasteiger charge is 2.23. The molecule has 0 aromatic heterocycles. The Morgan fingerprint density at radius 2 is 2.50 bits per heavy atom. The van der Waals surface area contributed by atoms with Crippen LogP contribution in [-0.2, 0) is 0 Å². The molecule has 0 bridgehead atoms. The van der Waals surface area contributed by atoms with Crippen molar-refractivity contribution in [1.29, 1.82) is 0 Å². The number of rotatable bonds is 2. The molecule has 1 aliphatic rings. The average Bonchev–Trinajstić information content (AvgIpc) is 2.14. The van der Waals surface area contributed by atoms with Crippen LogP contribution in [0.2, 0.25) is 0 Å². The van der Waals surface area contributed by atoms with E-state index in [-0.39, 0.29) is 6.03 Å². The first-order chi connectivity index (χ1) is 4.74. The van der Waals surface area contributed by atoms with Crippen molar-refractivity contribution in [2.75, 3.05) is 13.6 Å². The van der Waals surface area contributed by atoms with Crippen LogP contribution in [-0.4, -0.2) is 30.6 Å². The summed E-state index contributed by atoms with van der Waals surface area (Å²) in [6.45, 7) is 3.00. The molecule has 2 amide bonds. The maximum absolute atomic E-state index is 10.9. The molecule has 1 rings (SSSR count). The highest BCUT2D eigenvalue weighted by Crippen LogP contribution is 2.05. The van der Waals surface area contributed by atoms with Gasteiger partial charge in [0.1, 0.15) is 0 Å². The zero-order valence-corrected chi connectivity index (χ0v) is 6.55. The Labute approximate surface area is 61.4 Å². The van der Waals surface area contributed by atoms with Crippen LogP contribution in [0.1, 0.15) is 19.8 Å². The minimum absolute atomic E-state index is 0.0680. The summed E-state index contributed by atoms with van der Waals surface area (Å²) in [6.07, 6.45) is 2.23. The Morgan fingerprint density at radius 3 is 2.90 bits per heavy atom. The van der Waals surface area contributed by atoms with Crippen LogP contribution in [0.15, 0.2) is 0 Å². The van der Waals surface area contributed by atoms with Crippen LogP contribution >= 0.6 is 0 Å². The van der Waals surface area contributed by atoms with Crippen molar-refractivity contribution in [1.82, 2.24) is 10.2 Å². The molecule has 0 aromatic carbocycles. The number of urea groups is 1. The monoisotopic (exact) mass is 142 g/mol. The Morgan fingerprint density at radius 1 is 1.80 bits per heavy atom. The number of nitrogens with one attached hydrogen (secondary N) is 1. The minimum atomic E-state index is 0.0680. The highest BCUT2D eigenvalue weighted by atomic mass is 16.2. The fourth-order valence-electron chi connectivity index (χ4n) is 1.26. The summed E-state index contributed by atoms with van der Waals surface area (Å²) in [7, 11) is 1.82. The summed E-state index contributed by atoms with van der Waals surface area (Å²) in [5, 5.41) is 2.89. The Bertz CT molecular complexity index is 136. The first kappa shape index (κ1) is 7.38. The fourth-order valence-corrected chi connectivity index (χ4v) is 1.26. The van der Waals surface area contributed by atoms with Crippen molar-refractivity contribution in [3.8, 4) is 0 Å². The number of likely N-dealkylation sites (N-methyl/N-ethyl adjacent to an activating group) is 1. The Kier molecular flexibility index (Phi) is 2.14. The third-order valence-electron chi connectivity index (χ3n) is 1.81. The van der Waals surface area contributed by atoms with Gasteiger partial charge in [0.2, 0.25) is 0 Å². The molecule has 3 nitrogen and oxygen atoms in total. The van der Waals surface area contributed by atoms with Crippen LogP contribution < -0.4 is 5.32 Å². The van der Waals surface area contributed by atoms with E-state index in [1.807, 2.05) is 7.05 Å². The maximum atomic E-state index is 10.9. The van der Waals surface area contributed by atoms with E-state index in [9.17, 15) is 4.79 Å². The quantitative estimate of drug-likeness (QED) is 0.608. The number of nitrogens with zero attached hydrogens (tertiary/aromatic N) is 1. The third kappa shape index (κ3) is 1.40. The van der Waals surface area contributed by atoms with Crippen molar-refractivity contribution in [3.05, 3.63) is 0 Å². The second-order valence-electron chi connectivity index (χ2n) is 2.82. The molecule has 1 unspecified atom stereocenters. The maximum Gasteiger partial charge on any atom is 0.317 e. The molecular weight excluding hydrogens is 128 g/mol. The van der Waals surface area contributed by atoms with Crippen molar-refractivity contribution in [2.45, 2.75) is 25.8 Å². The molecule has 1 aliphatic heterocycles. The molecule has 1 fully saturated rings. The van der Waals surface area contributed by atoms with Crippen LogP contribution in [0.5, 0.6) is 0 Å². The van der Waals surface area contributed by atoms with Crippen LogP contribution in [0.4, 0.5) is 4.79 Å². The van der Waals surface area contributed by atoms with Crippen LogP contribution in [0.3, 0.4) is 0 Å². The molecule has 58 valence electrons. The molecule has 0 radical (unpaired) electrons. The van der Waals surface area contributed by atoms with Crippen molar-refractivity contribution in [2.24, 2.45) is 0 Å². The second-order valence-corrected chi connectivity index (χ2v) is 2.82. The van der Waals surface area contributed by atoms with E-state index >= 15 is 0 Å². The molecule has 3 heteroatoms. The van der Waals surface area contributed by atoms with Gasteiger partial charge in [-0.1, -0.05) is 13.3 Å². The third-order valence-corrected chi connectivity index (χ3v) is 1.81. The van der Waals surface area contributed by atoms with Gasteiger partial charge in [0.05, 0.1) is 0 Å². The predicted molar refractivity (Wildman–Crippen MR) is 39.9 cm³/mol. The SMILES string of the molecule is CCCC1CN(C)C(=O)N1. The zero-order valence-electron chi connectivity index (χ0n) is 6.55. The van der Waals surface area contributed by atoms with Gasteiger partial charge in [-0.25, -0.2) is 4.79 Å². The van der Waals surface area contributed by atoms with Crippen molar-refractivity contribution in [3.63, 3.8) is 0 Å². The number of carbonyl (C=O) groups is 1. The minimum Gasteiger partial charge on any atom is -0.333 e. The fraction of sp³-hybridized carbons (Fsp3) is 0.857. The number of carbonyl (C=O) groups excluding carboxylic acids is 1. The van der Waals surface area contributed by atoms with Gasteiger partial charge in [0.15, 0.2) is 0 Å². The molecular formula is C7H14N2O. The van der Waals surface area contributed by atoms with E-state index in [2.05, 4.69) is 12.2 Å². The highest BCUT2D eigenvalue weighted by molar-refractivity contribution is 5.76. The van der Waals surface area contributed by atoms with E-state index < -0.39 is 0 Å². The summed E-state index contributed by atoms with van der Waals surface area (Å²) in [4.78, 5) is 12.6. The molecule has 0 aliphatic carbocycles. The lowest BCUT2D eigenvalue weighted by molar-refractivity contribution is 0.226. The van der Waals surface area contributed by atoms with E-state index in [1.165, 1.54) is 0 Å². The lowest BCUT2D eigenvalue weighted by Gasteiger charge is -2.05. The topological polar surface area (TPSA) is 32.3 Å². The molecule has 0 saturated carbocycles. The Balaban J connectivity index is 2.34. The molecule has 0 spiro atoms. The van der Waals surface area contributed by atoms with E-state index in [4.69, 9.17) is 0 Å². The predicted octanol–water partition coefficient (Wildman–Crippen LogP) is 0.810. The Hall–Kier alpha value is -0.730. The number of hydrogen-bond donors (Lipinski definition) is 1. The first-order valence-corrected chi connectivity index (χ1v) is 3.75. The molecule has 1 N–H and O–H groups in total. The van der Waals surface area contributed by atoms with E-state index in [0.29, 0.717) is 6.04 Å². The summed E-state index contributed by atoms with van der Waals surface area (Å²) >= 11 is 0. The van der Waals surface area contributed by atoms with Gasteiger partial charge in [0.25, 0.3) is 0 Å². The van der Waals surface area contributed by atoms with E-state index in [0.717, 1.165) is 19.4 Å². The average molecular weight is 142 g/mol. The number of amides is 2. The lowest BCUT2D eigenvalue weighted by Crippen LogP contribution is -2.26. The molecule has 1 saturated heterocycles. The van der Waals surface area contributed by atoms with Crippen LogP contribution in [0, 0.1) is 0 Å². The summed E-state index contributed by atoms with van der Waals surface area (Å²) < 4.78 is 0. The molecule has 0 aromatic rings. The summed E-state index contributed by atoms with van der Waals surface area (Å²) in [5.74, 6) is 0. The van der Waals surface area contributed by atoms with Gasteiger partial charge < -0.3 is 10.2 Å². The summed E-state index contributed by atoms with van der Waals surface area (Å²) in [6, 6.07) is 0.459. The van der Waals surface area contributed by atoms with Gasteiger partial charge in [-0.2, -0.15) is 0 Å². The second kappa shape index (κ2) is 2.90.